The second-order valence-corrected chi connectivity index (χ2v) is 9.39. The molecule has 2 aliphatic heterocycles. The summed E-state index contributed by atoms with van der Waals surface area (Å²) in [7, 11) is 0. The van der Waals surface area contributed by atoms with Gasteiger partial charge in [0.2, 0.25) is 0 Å². The smallest absolute Gasteiger partial charge is 0.315 e. The number of thioether (sulfide) groups is 1. The number of unbranched alkanes of at least 4 members (excludes halogenated alkanes) is 9. The number of nitrogens with one attached hydrogen (secondary N) is 2. The fourth-order valence-corrected chi connectivity index (χ4v) is 5.69. The number of rotatable bonds is 16. The standard InChI is InChI=1S/C21H38N2O4S/c1-2-3-4-5-6-7-8-9-12-15-27-20-19-18(22-21(26)23-19)16(28-20)13-10-11-14-17(24)25/h16,18-20H,2-15H2,1H3,(H,24,25)(H2,22,23,26)/t16-,18+,19+,20+/m0/s1. The average Bonchev–Trinajstić information content (AvgIpc) is 3.18. The Morgan fingerprint density at radius 2 is 1.61 bits per heavy atom. The Kier molecular flexibility index (Phi) is 11.1. The first-order valence-corrected chi connectivity index (χ1v) is 12.1. The summed E-state index contributed by atoms with van der Waals surface area (Å²) < 4.78 is 6.11. The minimum atomic E-state index is -0.741. The summed E-state index contributed by atoms with van der Waals surface area (Å²) in [4.78, 5) is 22.4. The predicted octanol–water partition coefficient (Wildman–Crippen LogP) is 4.67. The van der Waals surface area contributed by atoms with Gasteiger partial charge in [-0.3, -0.25) is 4.79 Å². The summed E-state index contributed by atoms with van der Waals surface area (Å²) in [5.74, 6) is -0.741. The van der Waals surface area contributed by atoms with Gasteiger partial charge < -0.3 is 20.5 Å². The highest BCUT2D eigenvalue weighted by atomic mass is 32.2. The number of amides is 2. The monoisotopic (exact) mass is 414 g/mol. The maximum atomic E-state index is 11.7. The number of fused-ring (bicyclic) bond motifs is 1. The van der Waals surface area contributed by atoms with Gasteiger partial charge in [-0.15, -0.1) is 11.8 Å². The lowest BCUT2D eigenvalue weighted by molar-refractivity contribution is -0.137. The summed E-state index contributed by atoms with van der Waals surface area (Å²) in [5, 5.41) is 15.1. The molecule has 0 aromatic carbocycles. The molecule has 2 fully saturated rings. The van der Waals surface area contributed by atoms with Crippen LogP contribution in [-0.4, -0.2) is 46.5 Å². The van der Waals surface area contributed by atoms with E-state index in [1.807, 2.05) is 0 Å². The second kappa shape index (κ2) is 13.3. The molecule has 4 atom stereocenters. The number of carboxylic acid groups (broad SMARTS) is 1. The highest BCUT2D eigenvalue weighted by molar-refractivity contribution is 8.00. The summed E-state index contributed by atoms with van der Waals surface area (Å²) >= 11 is 1.80. The molecule has 6 nitrogen and oxygen atoms in total. The Morgan fingerprint density at radius 3 is 2.29 bits per heavy atom. The molecule has 2 amide bonds. The first kappa shape index (κ1) is 23.3. The molecule has 7 heteroatoms. The van der Waals surface area contributed by atoms with Crippen LogP contribution < -0.4 is 10.6 Å². The third kappa shape index (κ3) is 8.19. The number of aliphatic carboxylic acids is 1. The molecule has 2 saturated heterocycles. The molecule has 2 aliphatic rings. The first-order chi connectivity index (χ1) is 13.6. The summed E-state index contributed by atoms with van der Waals surface area (Å²) in [6.07, 6.45) is 14.3. The molecule has 0 unspecified atom stereocenters. The molecule has 0 spiro atoms. The first-order valence-electron chi connectivity index (χ1n) is 11.2. The summed E-state index contributed by atoms with van der Waals surface area (Å²) in [6.45, 7) is 3.00. The van der Waals surface area contributed by atoms with Gasteiger partial charge in [0, 0.05) is 18.3 Å². The highest BCUT2D eigenvalue weighted by Crippen LogP contribution is 2.39. The normalized spacial score (nSPS) is 26.1. The van der Waals surface area contributed by atoms with Crippen molar-refractivity contribution in [2.75, 3.05) is 6.61 Å². The van der Waals surface area contributed by atoms with Crippen molar-refractivity contribution < 1.29 is 19.4 Å². The van der Waals surface area contributed by atoms with Gasteiger partial charge in [0.1, 0.15) is 5.44 Å². The Bertz CT molecular complexity index is 477. The lowest BCUT2D eigenvalue weighted by Crippen LogP contribution is -2.40. The van der Waals surface area contributed by atoms with Crippen LogP contribution in [0.3, 0.4) is 0 Å². The molecular formula is C21H38N2O4S. The summed E-state index contributed by atoms with van der Waals surface area (Å²) in [6, 6.07) is 0.0125. The van der Waals surface area contributed by atoms with Crippen molar-refractivity contribution in [3.8, 4) is 0 Å². The zero-order valence-electron chi connectivity index (χ0n) is 17.3. The Labute approximate surface area is 173 Å². The van der Waals surface area contributed by atoms with Gasteiger partial charge >= 0.3 is 12.0 Å². The van der Waals surface area contributed by atoms with E-state index in [9.17, 15) is 9.59 Å². The van der Waals surface area contributed by atoms with Crippen molar-refractivity contribution in [3.05, 3.63) is 0 Å². The van der Waals surface area contributed by atoms with E-state index in [-0.39, 0.29) is 30.0 Å². The predicted molar refractivity (Wildman–Crippen MR) is 114 cm³/mol. The Balaban J connectivity index is 1.58. The van der Waals surface area contributed by atoms with Crippen molar-refractivity contribution in [1.29, 1.82) is 0 Å². The molecule has 162 valence electrons. The molecule has 0 saturated carbocycles. The number of hydrogen-bond donors (Lipinski definition) is 3. The average molecular weight is 415 g/mol. The number of carbonyl (C=O) groups excluding carboxylic acids is 1. The SMILES string of the molecule is CCCCCCCCCCCO[C@@H]1S[C@@H](CCCCC(=O)O)[C@H]2NC(=O)N[C@H]21. The van der Waals surface area contributed by atoms with Gasteiger partial charge in [0.05, 0.1) is 12.1 Å². The van der Waals surface area contributed by atoms with Gasteiger partial charge in [-0.05, 0) is 19.3 Å². The lowest BCUT2D eigenvalue weighted by Gasteiger charge is -2.17. The molecule has 28 heavy (non-hydrogen) atoms. The number of hydrogen-bond acceptors (Lipinski definition) is 4. The van der Waals surface area contributed by atoms with Gasteiger partial charge in [-0.2, -0.15) is 0 Å². The van der Waals surface area contributed by atoms with Crippen LogP contribution in [0.5, 0.6) is 0 Å². The third-order valence-corrected chi connectivity index (χ3v) is 7.22. The van der Waals surface area contributed by atoms with E-state index < -0.39 is 5.97 Å². The highest BCUT2D eigenvalue weighted by Gasteiger charge is 2.49. The molecular weight excluding hydrogens is 376 g/mol. The van der Waals surface area contributed by atoms with Gasteiger partial charge in [0.15, 0.2) is 0 Å². The van der Waals surface area contributed by atoms with E-state index in [1.54, 1.807) is 11.8 Å². The topological polar surface area (TPSA) is 87.7 Å². The molecule has 0 aliphatic carbocycles. The van der Waals surface area contributed by atoms with Crippen LogP contribution in [0, 0.1) is 0 Å². The van der Waals surface area contributed by atoms with Gasteiger partial charge in [0.25, 0.3) is 0 Å². The number of carboxylic acids is 1. The molecule has 3 N–H and O–H groups in total. The lowest BCUT2D eigenvalue weighted by atomic mass is 10.0. The molecule has 0 aromatic heterocycles. The minimum absolute atomic E-state index is 0.00228. The van der Waals surface area contributed by atoms with E-state index in [0.717, 1.165) is 25.9 Å². The van der Waals surface area contributed by atoms with Gasteiger partial charge in [-0.1, -0.05) is 64.7 Å². The van der Waals surface area contributed by atoms with Crippen molar-refractivity contribution >= 4 is 23.8 Å². The van der Waals surface area contributed by atoms with Crippen LogP contribution in [0.25, 0.3) is 0 Å². The largest absolute Gasteiger partial charge is 0.481 e. The van der Waals surface area contributed by atoms with Gasteiger partial charge in [-0.25, -0.2) is 4.79 Å². The van der Waals surface area contributed by atoms with Crippen LogP contribution in [0.15, 0.2) is 0 Å². The van der Waals surface area contributed by atoms with Crippen molar-refractivity contribution in [2.45, 2.75) is 113 Å². The maximum absolute atomic E-state index is 11.7. The zero-order valence-corrected chi connectivity index (χ0v) is 18.1. The Hall–Kier alpha value is -0.950. The van der Waals surface area contributed by atoms with E-state index in [4.69, 9.17) is 9.84 Å². The van der Waals surface area contributed by atoms with Crippen LogP contribution in [0.4, 0.5) is 4.79 Å². The maximum Gasteiger partial charge on any atom is 0.315 e. The van der Waals surface area contributed by atoms with Crippen molar-refractivity contribution in [1.82, 2.24) is 10.6 Å². The van der Waals surface area contributed by atoms with E-state index >= 15 is 0 Å². The molecule has 2 rings (SSSR count). The summed E-state index contributed by atoms with van der Waals surface area (Å²) in [5.41, 5.74) is 0.00228. The zero-order chi connectivity index (χ0) is 20.2. The van der Waals surface area contributed by atoms with E-state index in [2.05, 4.69) is 17.6 Å². The number of carbonyl (C=O) groups is 2. The van der Waals surface area contributed by atoms with Crippen LogP contribution in [-0.2, 0) is 9.53 Å². The van der Waals surface area contributed by atoms with Crippen LogP contribution in [0.1, 0.15) is 90.4 Å². The Morgan fingerprint density at radius 1 is 0.964 bits per heavy atom. The van der Waals surface area contributed by atoms with E-state index in [1.165, 1.54) is 51.4 Å². The fraction of sp³-hybridized carbons (Fsp3) is 0.905. The molecule has 0 bridgehead atoms. The minimum Gasteiger partial charge on any atom is -0.481 e. The van der Waals surface area contributed by atoms with Crippen LogP contribution >= 0.6 is 11.8 Å². The number of ether oxygens (including phenoxy) is 1. The van der Waals surface area contributed by atoms with E-state index in [0.29, 0.717) is 11.7 Å². The third-order valence-electron chi connectivity index (χ3n) is 5.64. The van der Waals surface area contributed by atoms with Crippen LogP contribution in [0.2, 0.25) is 0 Å². The number of urea groups is 1. The quantitative estimate of drug-likeness (QED) is 0.252. The van der Waals surface area contributed by atoms with Crippen molar-refractivity contribution in [3.63, 3.8) is 0 Å². The van der Waals surface area contributed by atoms with Crippen molar-refractivity contribution in [2.24, 2.45) is 0 Å². The molecule has 0 radical (unpaired) electrons. The second-order valence-electron chi connectivity index (χ2n) is 8.05. The molecule has 2 heterocycles. The fourth-order valence-electron chi connectivity index (χ4n) is 4.05. The molecule has 0 aromatic rings.